The summed E-state index contributed by atoms with van der Waals surface area (Å²) in [6, 6.07) is 13.2. The van der Waals surface area contributed by atoms with Crippen LogP contribution in [-0.4, -0.2) is 68.0 Å². The first kappa shape index (κ1) is 23.4. The smallest absolute Gasteiger partial charge is 0.290 e. The van der Waals surface area contributed by atoms with Gasteiger partial charge in [-0.05, 0) is 57.4 Å². The second kappa shape index (κ2) is 9.61. The lowest BCUT2D eigenvalue weighted by atomic mass is 9.94. The lowest BCUT2D eigenvalue weighted by Gasteiger charge is -2.28. The van der Waals surface area contributed by atoms with E-state index in [0.29, 0.717) is 35.6 Å². The second-order valence-corrected chi connectivity index (χ2v) is 8.41. The fourth-order valence-corrected chi connectivity index (χ4v) is 4.28. The van der Waals surface area contributed by atoms with Crippen molar-refractivity contribution in [3.8, 4) is 11.5 Å². The molecule has 1 aliphatic heterocycles. The highest BCUT2D eigenvalue weighted by atomic mass is 16.5. The molecule has 0 unspecified atom stereocenters. The summed E-state index contributed by atoms with van der Waals surface area (Å²) in [7, 11) is 6.94. The lowest BCUT2D eigenvalue weighted by Crippen LogP contribution is -2.33. The number of carbonyl (C=O) groups excluding carboxylic acids is 2. The van der Waals surface area contributed by atoms with E-state index in [4.69, 9.17) is 13.9 Å². The predicted molar refractivity (Wildman–Crippen MR) is 127 cm³/mol. The summed E-state index contributed by atoms with van der Waals surface area (Å²) >= 11 is 0. The van der Waals surface area contributed by atoms with Crippen LogP contribution in [0.3, 0.4) is 0 Å². The van der Waals surface area contributed by atoms with Crippen LogP contribution in [0.15, 0.2) is 64.3 Å². The molecule has 1 atom stereocenters. The fraction of sp³-hybridized carbons (Fsp3) is 0.308. The number of benzene rings is 2. The molecule has 8 nitrogen and oxygen atoms in total. The van der Waals surface area contributed by atoms with Crippen molar-refractivity contribution >= 4 is 22.7 Å². The number of ketones is 1. The van der Waals surface area contributed by atoms with Gasteiger partial charge in [-0.2, -0.15) is 0 Å². The normalized spacial score (nSPS) is 16.1. The maximum absolute atomic E-state index is 13.7. The molecule has 3 aromatic rings. The number of Topliss-reactive ketones (excluding diaryl/α,β-unsaturated/α-hetero) is 1. The summed E-state index contributed by atoms with van der Waals surface area (Å²) in [4.78, 5) is 30.4. The molecule has 1 N–H and O–H groups in total. The van der Waals surface area contributed by atoms with Gasteiger partial charge in [-0.1, -0.05) is 18.2 Å². The zero-order valence-corrected chi connectivity index (χ0v) is 19.7. The van der Waals surface area contributed by atoms with E-state index >= 15 is 0 Å². The van der Waals surface area contributed by atoms with Crippen LogP contribution in [0, 0.1) is 0 Å². The molecule has 0 spiro atoms. The molecule has 178 valence electrons. The highest BCUT2D eigenvalue weighted by Gasteiger charge is 2.45. The first-order valence-electron chi connectivity index (χ1n) is 11.0. The van der Waals surface area contributed by atoms with Crippen LogP contribution in [-0.2, 0) is 4.79 Å². The molecular weight excluding hydrogens is 436 g/mol. The SMILES string of the molecule is COc1ccc(OC)c([C@H]2C(C(=O)c3cc4ccccc4o3)=C(O)C(=O)N2CCCN(C)C)c1. The van der Waals surface area contributed by atoms with Crippen molar-refractivity contribution in [3.63, 3.8) is 0 Å². The molecule has 8 heteroatoms. The molecule has 1 amide bonds. The Morgan fingerprint density at radius 2 is 1.88 bits per heavy atom. The summed E-state index contributed by atoms with van der Waals surface area (Å²) in [5.74, 6) is -0.665. The number of methoxy groups -OCH3 is 2. The Morgan fingerprint density at radius 3 is 2.56 bits per heavy atom. The van der Waals surface area contributed by atoms with Gasteiger partial charge in [0.25, 0.3) is 5.91 Å². The van der Waals surface area contributed by atoms with Crippen molar-refractivity contribution in [2.75, 3.05) is 41.4 Å². The van der Waals surface area contributed by atoms with Crippen LogP contribution in [0.25, 0.3) is 11.0 Å². The summed E-state index contributed by atoms with van der Waals surface area (Å²) in [6.45, 7) is 1.07. The van der Waals surface area contributed by atoms with Gasteiger partial charge in [0.2, 0.25) is 5.78 Å². The topological polar surface area (TPSA) is 92.4 Å². The molecule has 34 heavy (non-hydrogen) atoms. The summed E-state index contributed by atoms with van der Waals surface area (Å²) < 4.78 is 16.7. The van der Waals surface area contributed by atoms with Crippen molar-refractivity contribution < 1.29 is 28.6 Å². The maximum atomic E-state index is 13.7. The first-order chi connectivity index (χ1) is 16.3. The van der Waals surface area contributed by atoms with E-state index in [1.54, 1.807) is 30.3 Å². The Bertz CT molecular complexity index is 1230. The van der Waals surface area contributed by atoms with Crippen molar-refractivity contribution in [3.05, 3.63) is 71.2 Å². The van der Waals surface area contributed by atoms with E-state index in [1.165, 1.54) is 19.1 Å². The molecule has 2 heterocycles. The molecule has 1 aliphatic rings. The second-order valence-electron chi connectivity index (χ2n) is 8.41. The van der Waals surface area contributed by atoms with Gasteiger partial charge in [0.15, 0.2) is 11.5 Å². The van der Waals surface area contributed by atoms with Gasteiger partial charge >= 0.3 is 0 Å². The highest BCUT2D eigenvalue weighted by molar-refractivity contribution is 6.16. The number of ether oxygens (including phenoxy) is 2. The van der Waals surface area contributed by atoms with Crippen LogP contribution in [0.1, 0.15) is 28.6 Å². The number of aliphatic hydroxyl groups excluding tert-OH is 1. The molecule has 0 saturated heterocycles. The number of fused-ring (bicyclic) bond motifs is 1. The number of rotatable bonds is 9. The minimum atomic E-state index is -0.861. The summed E-state index contributed by atoms with van der Waals surface area (Å²) in [5, 5.41) is 11.7. The Balaban J connectivity index is 1.82. The number of para-hydroxylation sites is 1. The van der Waals surface area contributed by atoms with Crippen molar-refractivity contribution in [2.24, 2.45) is 0 Å². The molecule has 0 bridgehead atoms. The van der Waals surface area contributed by atoms with Gasteiger partial charge < -0.3 is 28.8 Å². The van der Waals surface area contributed by atoms with E-state index in [9.17, 15) is 14.7 Å². The Hall–Kier alpha value is -3.78. The quantitative estimate of drug-likeness (QED) is 0.479. The molecule has 0 aliphatic carbocycles. The van der Waals surface area contributed by atoms with Crippen LogP contribution >= 0.6 is 0 Å². The monoisotopic (exact) mass is 464 g/mol. The summed E-state index contributed by atoms with van der Waals surface area (Å²) in [5.41, 5.74) is 1.05. The Morgan fingerprint density at radius 1 is 1.12 bits per heavy atom. The Kier molecular flexibility index (Phi) is 6.61. The number of hydrogen-bond donors (Lipinski definition) is 1. The van der Waals surface area contributed by atoms with Crippen molar-refractivity contribution in [1.29, 1.82) is 0 Å². The molecular formula is C26H28N2O6. The standard InChI is InChI=1S/C26H28N2O6/c1-27(2)12-7-13-28-23(18-15-17(32-3)10-11-20(18)33-4)22(25(30)26(28)31)24(29)21-14-16-8-5-6-9-19(16)34-21/h5-6,8-11,14-15,23,30H,7,12-13H2,1-4H3/t23-/m0/s1. The largest absolute Gasteiger partial charge is 0.503 e. The number of hydrogen-bond acceptors (Lipinski definition) is 7. The minimum Gasteiger partial charge on any atom is -0.503 e. The lowest BCUT2D eigenvalue weighted by molar-refractivity contribution is -0.129. The third kappa shape index (κ3) is 4.24. The maximum Gasteiger partial charge on any atom is 0.290 e. The zero-order valence-electron chi connectivity index (χ0n) is 19.7. The Labute approximate surface area is 198 Å². The highest BCUT2D eigenvalue weighted by Crippen LogP contribution is 2.44. The average Bonchev–Trinajstić information content (AvgIpc) is 3.38. The number of carbonyl (C=O) groups is 2. The van der Waals surface area contributed by atoms with E-state index < -0.39 is 23.5 Å². The van der Waals surface area contributed by atoms with Crippen LogP contribution in [0.4, 0.5) is 0 Å². The molecule has 4 rings (SSSR count). The number of furan rings is 1. The predicted octanol–water partition coefficient (Wildman–Crippen LogP) is 3.98. The fourth-order valence-electron chi connectivity index (χ4n) is 4.28. The van der Waals surface area contributed by atoms with E-state index in [0.717, 1.165) is 11.9 Å². The van der Waals surface area contributed by atoms with E-state index in [1.807, 2.05) is 37.2 Å². The van der Waals surface area contributed by atoms with Gasteiger partial charge in [-0.3, -0.25) is 9.59 Å². The van der Waals surface area contributed by atoms with Crippen molar-refractivity contribution in [1.82, 2.24) is 9.80 Å². The number of aliphatic hydroxyl groups is 1. The van der Waals surface area contributed by atoms with Crippen LogP contribution < -0.4 is 9.47 Å². The number of amides is 1. The van der Waals surface area contributed by atoms with Gasteiger partial charge in [-0.25, -0.2) is 0 Å². The summed E-state index contributed by atoms with van der Waals surface area (Å²) in [6.07, 6.45) is 0.654. The van der Waals surface area contributed by atoms with Crippen molar-refractivity contribution in [2.45, 2.75) is 12.5 Å². The molecule has 2 aromatic carbocycles. The average molecular weight is 465 g/mol. The third-order valence-electron chi connectivity index (χ3n) is 5.93. The molecule has 0 fully saturated rings. The van der Waals surface area contributed by atoms with Crippen LogP contribution in [0.5, 0.6) is 11.5 Å². The van der Waals surface area contributed by atoms with Crippen LogP contribution in [0.2, 0.25) is 0 Å². The number of nitrogens with zero attached hydrogens (tertiary/aromatic N) is 2. The van der Waals surface area contributed by atoms with E-state index in [2.05, 4.69) is 0 Å². The third-order valence-corrected chi connectivity index (χ3v) is 5.93. The molecule has 1 aromatic heterocycles. The molecule has 0 radical (unpaired) electrons. The minimum absolute atomic E-state index is 0.0412. The van der Waals surface area contributed by atoms with Gasteiger partial charge in [-0.15, -0.1) is 0 Å². The first-order valence-corrected chi connectivity index (χ1v) is 11.0. The van der Waals surface area contributed by atoms with E-state index in [-0.39, 0.29) is 11.3 Å². The molecule has 0 saturated carbocycles. The van der Waals surface area contributed by atoms with Gasteiger partial charge in [0.05, 0.1) is 25.8 Å². The van der Waals surface area contributed by atoms with Gasteiger partial charge in [0, 0.05) is 17.5 Å². The van der Waals surface area contributed by atoms with Gasteiger partial charge in [0.1, 0.15) is 17.1 Å². The zero-order chi connectivity index (χ0) is 24.4.